The van der Waals surface area contributed by atoms with Crippen LogP contribution in [0.15, 0.2) is 17.5 Å². The maximum absolute atomic E-state index is 12.5. The number of nitrogens with zero attached hydrogens (tertiary/aromatic N) is 2. The molecule has 0 bridgehead atoms. The maximum Gasteiger partial charge on any atom is 0.264 e. The summed E-state index contributed by atoms with van der Waals surface area (Å²) < 4.78 is 0. The molecular formula is C15H21N3O2S. The van der Waals surface area contributed by atoms with Crippen LogP contribution in [0.5, 0.6) is 0 Å². The van der Waals surface area contributed by atoms with Gasteiger partial charge in [-0.3, -0.25) is 9.59 Å². The van der Waals surface area contributed by atoms with Crippen LogP contribution in [0, 0.1) is 5.92 Å². The number of carbonyl (C=O) groups is 2. The van der Waals surface area contributed by atoms with E-state index < -0.39 is 0 Å². The lowest BCUT2D eigenvalue weighted by Crippen LogP contribution is -2.52. The summed E-state index contributed by atoms with van der Waals surface area (Å²) in [5.41, 5.74) is 0. The normalized spacial score (nSPS) is 20.6. The minimum Gasteiger partial charge on any atom is -0.339 e. The highest BCUT2D eigenvalue weighted by Gasteiger charge is 2.29. The molecule has 5 nitrogen and oxygen atoms in total. The largest absolute Gasteiger partial charge is 0.339 e. The molecule has 2 saturated heterocycles. The third kappa shape index (κ3) is 3.27. The van der Waals surface area contributed by atoms with Crippen LogP contribution >= 0.6 is 11.3 Å². The molecule has 114 valence electrons. The van der Waals surface area contributed by atoms with E-state index in [-0.39, 0.29) is 17.7 Å². The third-order valence-corrected chi connectivity index (χ3v) is 5.16. The molecule has 0 saturated carbocycles. The van der Waals surface area contributed by atoms with E-state index in [1.165, 1.54) is 11.3 Å². The van der Waals surface area contributed by atoms with Crippen LogP contribution in [0.4, 0.5) is 0 Å². The smallest absolute Gasteiger partial charge is 0.264 e. The van der Waals surface area contributed by atoms with Gasteiger partial charge in [-0.2, -0.15) is 0 Å². The van der Waals surface area contributed by atoms with Crippen molar-refractivity contribution in [2.24, 2.45) is 5.92 Å². The van der Waals surface area contributed by atoms with Gasteiger partial charge in [-0.25, -0.2) is 0 Å². The topological polar surface area (TPSA) is 52.7 Å². The van der Waals surface area contributed by atoms with Crippen LogP contribution < -0.4 is 5.32 Å². The zero-order valence-electron chi connectivity index (χ0n) is 12.1. The van der Waals surface area contributed by atoms with Gasteiger partial charge in [-0.05, 0) is 37.4 Å². The van der Waals surface area contributed by atoms with Gasteiger partial charge in [0.2, 0.25) is 5.91 Å². The molecule has 1 aromatic heterocycles. The Hall–Kier alpha value is -1.40. The number of rotatable bonds is 2. The average molecular weight is 307 g/mol. The summed E-state index contributed by atoms with van der Waals surface area (Å²) in [6, 6.07) is 3.76. The number of piperidine rings is 1. The van der Waals surface area contributed by atoms with E-state index in [1.54, 1.807) is 0 Å². The van der Waals surface area contributed by atoms with E-state index >= 15 is 0 Å². The summed E-state index contributed by atoms with van der Waals surface area (Å²) in [6.07, 6.45) is 1.88. The second kappa shape index (κ2) is 6.58. The van der Waals surface area contributed by atoms with Crippen molar-refractivity contribution in [1.29, 1.82) is 0 Å². The first-order valence-corrected chi connectivity index (χ1v) is 8.46. The third-order valence-electron chi connectivity index (χ3n) is 4.30. The number of amides is 2. The standard InChI is InChI=1S/C15H21N3O2S/c19-14(12-3-5-16-6-4-12)17-7-9-18(10-8-17)15(20)13-2-1-11-21-13/h1-2,11-12,16H,3-10H2. The number of thiophene rings is 1. The SMILES string of the molecule is O=C(c1cccs1)N1CCN(C(=O)C2CCNCC2)CC1. The number of hydrogen-bond donors (Lipinski definition) is 1. The van der Waals surface area contributed by atoms with Crippen LogP contribution in [0.1, 0.15) is 22.5 Å². The van der Waals surface area contributed by atoms with Gasteiger partial charge in [0.25, 0.3) is 5.91 Å². The molecule has 0 unspecified atom stereocenters. The Morgan fingerprint density at radius 3 is 2.38 bits per heavy atom. The number of piperazine rings is 1. The molecular weight excluding hydrogens is 286 g/mol. The van der Waals surface area contributed by atoms with Crippen molar-refractivity contribution < 1.29 is 9.59 Å². The first-order chi connectivity index (χ1) is 10.3. The number of nitrogens with one attached hydrogen (secondary N) is 1. The second-order valence-electron chi connectivity index (χ2n) is 5.62. The lowest BCUT2D eigenvalue weighted by atomic mass is 9.96. The van der Waals surface area contributed by atoms with Gasteiger partial charge in [0.1, 0.15) is 0 Å². The van der Waals surface area contributed by atoms with E-state index in [9.17, 15) is 9.59 Å². The van der Waals surface area contributed by atoms with Crippen LogP contribution in [0.3, 0.4) is 0 Å². The van der Waals surface area contributed by atoms with Gasteiger partial charge in [0, 0.05) is 32.1 Å². The van der Waals surface area contributed by atoms with Crippen molar-refractivity contribution in [3.8, 4) is 0 Å². The fourth-order valence-corrected chi connectivity index (χ4v) is 3.70. The van der Waals surface area contributed by atoms with Crippen molar-refractivity contribution in [2.45, 2.75) is 12.8 Å². The first-order valence-electron chi connectivity index (χ1n) is 7.58. The fourth-order valence-electron chi connectivity index (χ4n) is 3.01. The van der Waals surface area contributed by atoms with Crippen molar-refractivity contribution in [3.63, 3.8) is 0 Å². The summed E-state index contributed by atoms with van der Waals surface area (Å²) in [4.78, 5) is 29.3. The van der Waals surface area contributed by atoms with Crippen LogP contribution in [0.2, 0.25) is 0 Å². The van der Waals surface area contributed by atoms with Gasteiger partial charge in [0.05, 0.1) is 4.88 Å². The van der Waals surface area contributed by atoms with Gasteiger partial charge in [-0.15, -0.1) is 11.3 Å². The van der Waals surface area contributed by atoms with Gasteiger partial charge < -0.3 is 15.1 Å². The van der Waals surface area contributed by atoms with Gasteiger partial charge >= 0.3 is 0 Å². The summed E-state index contributed by atoms with van der Waals surface area (Å²) in [6.45, 7) is 4.50. The predicted molar refractivity (Wildman–Crippen MR) is 82.4 cm³/mol. The minimum absolute atomic E-state index is 0.0963. The Kier molecular flexibility index (Phi) is 4.55. The molecule has 3 heterocycles. The number of carbonyl (C=O) groups excluding carboxylic acids is 2. The molecule has 21 heavy (non-hydrogen) atoms. The van der Waals surface area contributed by atoms with Gasteiger partial charge in [-0.1, -0.05) is 6.07 Å². The average Bonchev–Trinajstić information content (AvgIpc) is 3.09. The molecule has 0 spiro atoms. The molecule has 1 aromatic rings. The molecule has 1 N–H and O–H groups in total. The van der Waals surface area contributed by atoms with E-state index in [0.717, 1.165) is 30.8 Å². The highest BCUT2D eigenvalue weighted by Crippen LogP contribution is 2.18. The summed E-state index contributed by atoms with van der Waals surface area (Å²) in [7, 11) is 0. The van der Waals surface area contributed by atoms with Crippen LogP contribution in [-0.4, -0.2) is 60.9 Å². The van der Waals surface area contributed by atoms with E-state index in [2.05, 4.69) is 5.32 Å². The predicted octanol–water partition coefficient (Wildman–Crippen LogP) is 1.03. The van der Waals surface area contributed by atoms with Crippen molar-refractivity contribution in [3.05, 3.63) is 22.4 Å². The summed E-state index contributed by atoms with van der Waals surface area (Å²) in [5, 5.41) is 5.21. The molecule has 0 aromatic carbocycles. The molecule has 6 heteroatoms. The Bertz CT molecular complexity index is 489. The van der Waals surface area contributed by atoms with Crippen LogP contribution in [-0.2, 0) is 4.79 Å². The fraction of sp³-hybridized carbons (Fsp3) is 0.600. The van der Waals surface area contributed by atoms with Crippen molar-refractivity contribution in [2.75, 3.05) is 39.3 Å². The zero-order valence-corrected chi connectivity index (χ0v) is 12.9. The lowest BCUT2D eigenvalue weighted by Gasteiger charge is -2.37. The molecule has 0 aliphatic carbocycles. The Morgan fingerprint density at radius 1 is 1.10 bits per heavy atom. The highest BCUT2D eigenvalue weighted by atomic mass is 32.1. The molecule has 0 radical (unpaired) electrons. The number of hydrogen-bond acceptors (Lipinski definition) is 4. The minimum atomic E-state index is 0.0963. The molecule has 2 aliphatic heterocycles. The van der Waals surface area contributed by atoms with Crippen LogP contribution in [0.25, 0.3) is 0 Å². The van der Waals surface area contributed by atoms with E-state index in [1.807, 2.05) is 27.3 Å². The Labute approximate surface area is 128 Å². The molecule has 2 amide bonds. The molecule has 3 rings (SSSR count). The molecule has 0 atom stereocenters. The zero-order chi connectivity index (χ0) is 14.7. The molecule has 2 aliphatic rings. The molecule has 2 fully saturated rings. The van der Waals surface area contributed by atoms with E-state index in [4.69, 9.17) is 0 Å². The van der Waals surface area contributed by atoms with E-state index in [0.29, 0.717) is 26.2 Å². The lowest BCUT2D eigenvalue weighted by molar-refractivity contribution is -0.137. The maximum atomic E-state index is 12.5. The van der Waals surface area contributed by atoms with Gasteiger partial charge in [0.15, 0.2) is 0 Å². The summed E-state index contributed by atoms with van der Waals surface area (Å²) in [5.74, 6) is 0.546. The summed E-state index contributed by atoms with van der Waals surface area (Å²) >= 11 is 1.48. The van der Waals surface area contributed by atoms with Crippen molar-refractivity contribution in [1.82, 2.24) is 15.1 Å². The Morgan fingerprint density at radius 2 is 1.76 bits per heavy atom. The monoisotopic (exact) mass is 307 g/mol. The quantitative estimate of drug-likeness (QED) is 0.888. The van der Waals surface area contributed by atoms with Crippen molar-refractivity contribution >= 4 is 23.2 Å². The second-order valence-corrected chi connectivity index (χ2v) is 6.57. The first kappa shape index (κ1) is 14.5. The highest BCUT2D eigenvalue weighted by molar-refractivity contribution is 7.12. The Balaban J connectivity index is 1.52.